The summed E-state index contributed by atoms with van der Waals surface area (Å²) in [5.74, 6) is -1.79. The highest BCUT2D eigenvalue weighted by atomic mass is 19.2. The molecule has 0 bridgehead atoms. The summed E-state index contributed by atoms with van der Waals surface area (Å²) in [6.45, 7) is 0.0937. The number of imidazole rings is 1. The molecule has 0 radical (unpaired) electrons. The average molecular weight is 356 g/mol. The van der Waals surface area contributed by atoms with Crippen LogP contribution in [0.15, 0.2) is 55.1 Å². The SMILES string of the molecule is Fc1cc(OCc2cn3cc(-c4cccc(F)c4F)cnc3n2)ccn1. The fourth-order valence-electron chi connectivity index (χ4n) is 2.50. The van der Waals surface area contributed by atoms with Gasteiger partial charge >= 0.3 is 0 Å². The number of halogens is 3. The minimum absolute atomic E-state index is 0.0937. The molecular weight excluding hydrogens is 345 g/mol. The molecule has 8 heteroatoms. The van der Waals surface area contributed by atoms with Gasteiger partial charge in [-0.05, 0) is 12.1 Å². The molecule has 0 saturated carbocycles. The predicted octanol–water partition coefficient (Wildman–Crippen LogP) is 3.79. The molecule has 4 aromatic rings. The van der Waals surface area contributed by atoms with Gasteiger partial charge in [0.2, 0.25) is 11.7 Å². The molecular formula is C18H11F3N4O. The lowest BCUT2D eigenvalue weighted by molar-refractivity contribution is 0.299. The predicted molar refractivity (Wildman–Crippen MR) is 86.9 cm³/mol. The van der Waals surface area contributed by atoms with E-state index in [1.54, 1.807) is 16.8 Å². The van der Waals surface area contributed by atoms with Crippen LogP contribution in [0.3, 0.4) is 0 Å². The van der Waals surface area contributed by atoms with E-state index >= 15 is 0 Å². The van der Waals surface area contributed by atoms with Gasteiger partial charge < -0.3 is 4.74 Å². The van der Waals surface area contributed by atoms with Gasteiger partial charge in [-0.25, -0.2) is 23.7 Å². The van der Waals surface area contributed by atoms with E-state index in [-0.39, 0.29) is 12.2 Å². The maximum absolute atomic E-state index is 14.0. The number of aromatic nitrogens is 4. The molecule has 0 aliphatic heterocycles. The van der Waals surface area contributed by atoms with Crippen LogP contribution in [0.1, 0.15) is 5.69 Å². The highest BCUT2D eigenvalue weighted by Gasteiger charge is 2.12. The van der Waals surface area contributed by atoms with Gasteiger partial charge in [0.1, 0.15) is 12.4 Å². The van der Waals surface area contributed by atoms with Crippen LogP contribution in [0.4, 0.5) is 13.2 Å². The first-order chi connectivity index (χ1) is 12.6. The molecule has 0 aliphatic rings. The van der Waals surface area contributed by atoms with Gasteiger partial charge in [0.25, 0.3) is 0 Å². The van der Waals surface area contributed by atoms with E-state index in [1.807, 2.05) is 0 Å². The highest BCUT2D eigenvalue weighted by Crippen LogP contribution is 2.24. The zero-order valence-electron chi connectivity index (χ0n) is 13.2. The van der Waals surface area contributed by atoms with Crippen molar-refractivity contribution >= 4 is 5.78 Å². The lowest BCUT2D eigenvalue weighted by atomic mass is 10.1. The molecule has 3 aromatic heterocycles. The number of fused-ring (bicyclic) bond motifs is 1. The van der Waals surface area contributed by atoms with Crippen LogP contribution in [0.25, 0.3) is 16.9 Å². The van der Waals surface area contributed by atoms with Crippen molar-refractivity contribution in [1.82, 2.24) is 19.4 Å². The minimum Gasteiger partial charge on any atom is -0.487 e. The molecule has 3 heterocycles. The van der Waals surface area contributed by atoms with Gasteiger partial charge in [0, 0.05) is 42.0 Å². The maximum Gasteiger partial charge on any atom is 0.234 e. The van der Waals surface area contributed by atoms with E-state index in [9.17, 15) is 13.2 Å². The van der Waals surface area contributed by atoms with Crippen molar-refractivity contribution in [2.24, 2.45) is 0 Å². The summed E-state index contributed by atoms with van der Waals surface area (Å²) in [4.78, 5) is 11.9. The van der Waals surface area contributed by atoms with Crippen LogP contribution in [0, 0.1) is 17.6 Å². The number of benzene rings is 1. The Hall–Kier alpha value is -3.42. The van der Waals surface area contributed by atoms with Crippen molar-refractivity contribution in [2.75, 3.05) is 0 Å². The van der Waals surface area contributed by atoms with Gasteiger partial charge in [0.05, 0.1) is 5.69 Å². The van der Waals surface area contributed by atoms with Gasteiger partial charge in [-0.2, -0.15) is 4.39 Å². The third kappa shape index (κ3) is 3.08. The highest BCUT2D eigenvalue weighted by molar-refractivity contribution is 5.63. The second-order valence-electron chi connectivity index (χ2n) is 5.49. The Bertz CT molecular complexity index is 1100. The van der Waals surface area contributed by atoms with Crippen LogP contribution in [-0.4, -0.2) is 19.4 Å². The van der Waals surface area contributed by atoms with Crippen LogP contribution in [0.2, 0.25) is 0 Å². The van der Waals surface area contributed by atoms with E-state index < -0.39 is 17.6 Å². The number of pyridine rings is 1. The summed E-state index contributed by atoms with van der Waals surface area (Å²) in [7, 11) is 0. The lowest BCUT2D eigenvalue weighted by Gasteiger charge is -2.04. The van der Waals surface area contributed by atoms with E-state index in [0.717, 1.165) is 6.07 Å². The number of hydrogen-bond donors (Lipinski definition) is 0. The van der Waals surface area contributed by atoms with Crippen molar-refractivity contribution in [3.05, 3.63) is 78.4 Å². The summed E-state index contributed by atoms with van der Waals surface area (Å²) in [5, 5.41) is 0. The van der Waals surface area contributed by atoms with Crippen LogP contribution >= 0.6 is 0 Å². The minimum atomic E-state index is -0.933. The van der Waals surface area contributed by atoms with Crippen molar-refractivity contribution in [3.63, 3.8) is 0 Å². The Morgan fingerprint density at radius 3 is 2.77 bits per heavy atom. The van der Waals surface area contributed by atoms with Crippen molar-refractivity contribution in [1.29, 1.82) is 0 Å². The Labute approximate surface area is 145 Å². The van der Waals surface area contributed by atoms with Gasteiger partial charge in [-0.3, -0.25) is 4.40 Å². The van der Waals surface area contributed by atoms with Crippen LogP contribution < -0.4 is 4.74 Å². The normalized spacial score (nSPS) is 11.0. The molecule has 0 aliphatic carbocycles. The van der Waals surface area contributed by atoms with Gasteiger partial charge in [0.15, 0.2) is 11.6 Å². The molecule has 4 rings (SSSR count). The first-order valence-corrected chi connectivity index (χ1v) is 7.62. The molecule has 0 amide bonds. The number of nitrogens with zero attached hydrogens (tertiary/aromatic N) is 4. The molecule has 0 spiro atoms. The number of hydrogen-bond acceptors (Lipinski definition) is 4. The molecule has 0 N–H and O–H groups in total. The Kier molecular flexibility index (Phi) is 4.00. The summed E-state index contributed by atoms with van der Waals surface area (Å²) >= 11 is 0. The molecule has 130 valence electrons. The molecule has 26 heavy (non-hydrogen) atoms. The van der Waals surface area contributed by atoms with Crippen LogP contribution in [0.5, 0.6) is 5.75 Å². The summed E-state index contributed by atoms with van der Waals surface area (Å²) in [5.41, 5.74) is 1.07. The third-order valence-corrected chi connectivity index (χ3v) is 3.71. The molecule has 0 fully saturated rings. The largest absolute Gasteiger partial charge is 0.487 e. The van der Waals surface area contributed by atoms with E-state index in [2.05, 4.69) is 15.0 Å². The number of rotatable bonds is 4. The average Bonchev–Trinajstić information content (AvgIpc) is 3.04. The third-order valence-electron chi connectivity index (χ3n) is 3.71. The van der Waals surface area contributed by atoms with Gasteiger partial charge in [-0.15, -0.1) is 0 Å². The fraction of sp³-hybridized carbons (Fsp3) is 0.0556. The fourth-order valence-corrected chi connectivity index (χ4v) is 2.50. The lowest BCUT2D eigenvalue weighted by Crippen LogP contribution is -1.96. The quantitative estimate of drug-likeness (QED) is 0.522. The summed E-state index contributed by atoms with van der Waals surface area (Å²) in [6, 6.07) is 6.65. The zero-order chi connectivity index (χ0) is 18.1. The zero-order valence-corrected chi connectivity index (χ0v) is 13.2. The Balaban J connectivity index is 1.60. The summed E-state index contributed by atoms with van der Waals surface area (Å²) < 4.78 is 47.5. The van der Waals surface area contributed by atoms with Crippen molar-refractivity contribution < 1.29 is 17.9 Å². The van der Waals surface area contributed by atoms with Crippen LogP contribution in [-0.2, 0) is 6.61 Å². The van der Waals surface area contributed by atoms with E-state index in [0.29, 0.717) is 22.8 Å². The molecule has 5 nitrogen and oxygen atoms in total. The smallest absolute Gasteiger partial charge is 0.234 e. The summed E-state index contributed by atoms with van der Waals surface area (Å²) in [6.07, 6.45) is 5.97. The topological polar surface area (TPSA) is 52.3 Å². The Morgan fingerprint density at radius 1 is 1.04 bits per heavy atom. The van der Waals surface area contributed by atoms with E-state index in [1.165, 1.54) is 36.7 Å². The molecule has 0 atom stereocenters. The number of ether oxygens (including phenoxy) is 1. The second kappa shape index (κ2) is 6.47. The molecule has 0 unspecified atom stereocenters. The van der Waals surface area contributed by atoms with Gasteiger partial charge in [-0.1, -0.05) is 12.1 Å². The maximum atomic E-state index is 14.0. The first-order valence-electron chi connectivity index (χ1n) is 7.62. The van der Waals surface area contributed by atoms with E-state index in [4.69, 9.17) is 4.74 Å². The van der Waals surface area contributed by atoms with Crippen molar-refractivity contribution in [3.8, 4) is 16.9 Å². The monoisotopic (exact) mass is 356 g/mol. The van der Waals surface area contributed by atoms with Crippen molar-refractivity contribution in [2.45, 2.75) is 6.61 Å². The Morgan fingerprint density at radius 2 is 1.92 bits per heavy atom. The standard InChI is InChI=1S/C18H11F3N4O/c19-15-3-1-2-14(17(15)21)11-7-23-18-24-12(9-25(18)8-11)10-26-13-4-5-22-16(20)6-13/h1-9H,10H2. The first kappa shape index (κ1) is 16.1. The molecule has 0 saturated heterocycles. The second-order valence-corrected chi connectivity index (χ2v) is 5.49. The molecule has 1 aromatic carbocycles.